The van der Waals surface area contributed by atoms with Crippen molar-refractivity contribution in [3.63, 3.8) is 0 Å². The summed E-state index contributed by atoms with van der Waals surface area (Å²) in [4.78, 5) is 15.9. The summed E-state index contributed by atoms with van der Waals surface area (Å²) in [6.07, 6.45) is 3.92. The quantitative estimate of drug-likeness (QED) is 0.852. The molecular formula is C13H21N3O. The molecule has 2 unspecified atom stereocenters. The van der Waals surface area contributed by atoms with Crippen LogP contribution in [0.1, 0.15) is 49.4 Å². The zero-order valence-corrected chi connectivity index (χ0v) is 11.0. The Bertz CT molecular complexity index is 422. The van der Waals surface area contributed by atoms with E-state index in [4.69, 9.17) is 0 Å². The number of hydrogen-bond donors (Lipinski definition) is 1. The lowest BCUT2D eigenvalue weighted by Gasteiger charge is -2.34. The largest absolute Gasteiger partial charge is 0.354 e. The molecule has 1 aliphatic heterocycles. The molecule has 0 aliphatic carbocycles. The lowest BCUT2D eigenvalue weighted by molar-refractivity contribution is 0.0956. The normalized spacial score (nSPS) is 23.6. The number of nitrogens with one attached hydrogen (secondary N) is 1. The van der Waals surface area contributed by atoms with Crippen molar-refractivity contribution in [2.75, 3.05) is 7.05 Å². The highest BCUT2D eigenvalue weighted by atomic mass is 16.1. The van der Waals surface area contributed by atoms with Gasteiger partial charge in [-0.1, -0.05) is 13.8 Å². The molecule has 1 aliphatic rings. The summed E-state index contributed by atoms with van der Waals surface area (Å²) in [5.41, 5.74) is 1.69. The highest BCUT2D eigenvalue weighted by Gasteiger charge is 2.31. The number of carbonyl (C=O) groups is 1. The average Bonchev–Trinajstić information content (AvgIpc) is 2.72. The molecule has 1 N–H and O–H groups in total. The molecule has 2 heterocycles. The van der Waals surface area contributed by atoms with Crippen LogP contribution < -0.4 is 5.32 Å². The predicted octanol–water partition coefficient (Wildman–Crippen LogP) is 2.02. The molecule has 1 aromatic rings. The minimum absolute atomic E-state index is 0.0750. The molecule has 4 nitrogen and oxygen atoms in total. The number of hydrogen-bond acceptors (Lipinski definition) is 2. The van der Waals surface area contributed by atoms with E-state index in [0.29, 0.717) is 23.6 Å². The Labute approximate surface area is 102 Å². The van der Waals surface area contributed by atoms with Gasteiger partial charge in [-0.3, -0.25) is 4.79 Å². The Morgan fingerprint density at radius 2 is 2.29 bits per heavy atom. The van der Waals surface area contributed by atoms with Crippen LogP contribution in [0.15, 0.2) is 6.33 Å². The molecule has 0 saturated heterocycles. The van der Waals surface area contributed by atoms with Crippen LogP contribution in [0.2, 0.25) is 0 Å². The van der Waals surface area contributed by atoms with Gasteiger partial charge in [-0.05, 0) is 31.6 Å². The van der Waals surface area contributed by atoms with Crippen LogP contribution in [0.5, 0.6) is 0 Å². The Hall–Kier alpha value is -1.32. The molecule has 0 fully saturated rings. The number of fused-ring (bicyclic) bond motifs is 1. The number of aromatic nitrogens is 2. The summed E-state index contributed by atoms with van der Waals surface area (Å²) in [6, 6.07) is 0.435. The van der Waals surface area contributed by atoms with Gasteiger partial charge >= 0.3 is 0 Å². The maximum Gasteiger partial charge on any atom is 0.271 e. The molecule has 2 atom stereocenters. The van der Waals surface area contributed by atoms with Crippen LogP contribution >= 0.6 is 0 Å². The fraction of sp³-hybridized carbons (Fsp3) is 0.692. The van der Waals surface area contributed by atoms with Gasteiger partial charge in [0, 0.05) is 13.1 Å². The molecule has 0 spiro atoms. The van der Waals surface area contributed by atoms with Crippen LogP contribution in [0.3, 0.4) is 0 Å². The molecule has 0 aromatic carbocycles. The third-order valence-corrected chi connectivity index (χ3v) is 3.97. The van der Waals surface area contributed by atoms with Gasteiger partial charge in [0.25, 0.3) is 5.91 Å². The fourth-order valence-electron chi connectivity index (χ4n) is 2.93. The molecular weight excluding hydrogens is 214 g/mol. The van der Waals surface area contributed by atoms with Crippen LogP contribution in [0.4, 0.5) is 0 Å². The molecule has 4 heteroatoms. The Morgan fingerprint density at radius 1 is 1.59 bits per heavy atom. The van der Waals surface area contributed by atoms with Gasteiger partial charge in [0.15, 0.2) is 0 Å². The molecule has 1 aromatic heterocycles. The van der Waals surface area contributed by atoms with Gasteiger partial charge < -0.3 is 9.88 Å². The third kappa shape index (κ3) is 1.96. The van der Waals surface area contributed by atoms with E-state index in [1.807, 2.05) is 6.33 Å². The minimum atomic E-state index is -0.0750. The molecule has 1 amide bonds. The smallest absolute Gasteiger partial charge is 0.271 e. The van der Waals surface area contributed by atoms with Crippen molar-refractivity contribution in [3.8, 4) is 0 Å². The molecule has 0 saturated carbocycles. The van der Waals surface area contributed by atoms with Crippen molar-refractivity contribution < 1.29 is 4.79 Å². The van der Waals surface area contributed by atoms with Crippen LogP contribution in [-0.4, -0.2) is 22.5 Å². The zero-order chi connectivity index (χ0) is 12.6. The highest BCUT2D eigenvalue weighted by Crippen LogP contribution is 2.35. The summed E-state index contributed by atoms with van der Waals surface area (Å²) in [7, 11) is 1.65. The molecule has 0 radical (unpaired) electrons. The summed E-state index contributed by atoms with van der Waals surface area (Å²) < 4.78 is 2.18. The number of amides is 1. The second-order valence-electron chi connectivity index (χ2n) is 5.21. The van der Waals surface area contributed by atoms with Crippen molar-refractivity contribution in [2.45, 2.75) is 39.7 Å². The summed E-state index contributed by atoms with van der Waals surface area (Å²) in [5, 5.41) is 2.65. The Morgan fingerprint density at radius 3 is 2.88 bits per heavy atom. The maximum atomic E-state index is 11.7. The minimum Gasteiger partial charge on any atom is -0.354 e. The summed E-state index contributed by atoms with van der Waals surface area (Å²) in [6.45, 7) is 6.76. The van der Waals surface area contributed by atoms with Gasteiger partial charge in [0.05, 0.1) is 12.0 Å². The van der Waals surface area contributed by atoms with E-state index in [0.717, 1.165) is 18.5 Å². The van der Waals surface area contributed by atoms with E-state index < -0.39 is 0 Å². The summed E-state index contributed by atoms with van der Waals surface area (Å²) >= 11 is 0. The Balaban J connectivity index is 2.33. The average molecular weight is 235 g/mol. The predicted molar refractivity (Wildman–Crippen MR) is 67.0 cm³/mol. The first-order chi connectivity index (χ1) is 8.06. The fourth-order valence-corrected chi connectivity index (χ4v) is 2.93. The highest BCUT2D eigenvalue weighted by molar-refractivity contribution is 5.93. The van der Waals surface area contributed by atoms with E-state index in [-0.39, 0.29) is 5.91 Å². The SMILES string of the molecule is CNC(=O)c1ncn2c1CCC(C(C)C)C2C. The lowest BCUT2D eigenvalue weighted by Crippen LogP contribution is -2.29. The topological polar surface area (TPSA) is 46.9 Å². The van der Waals surface area contributed by atoms with Crippen molar-refractivity contribution in [3.05, 3.63) is 17.7 Å². The van der Waals surface area contributed by atoms with Crippen molar-refractivity contribution >= 4 is 5.91 Å². The first-order valence-corrected chi connectivity index (χ1v) is 6.34. The van der Waals surface area contributed by atoms with Crippen molar-refractivity contribution in [1.29, 1.82) is 0 Å². The first kappa shape index (κ1) is 12.1. The van der Waals surface area contributed by atoms with Gasteiger partial charge in [0.1, 0.15) is 5.69 Å². The zero-order valence-electron chi connectivity index (χ0n) is 11.0. The van der Waals surface area contributed by atoms with Gasteiger partial charge in [-0.15, -0.1) is 0 Å². The standard InChI is InChI=1S/C13H21N3O/c1-8(2)10-5-6-11-12(13(17)14-4)15-7-16(11)9(10)3/h7-10H,5-6H2,1-4H3,(H,14,17). The van der Waals surface area contributed by atoms with E-state index in [2.05, 4.69) is 35.6 Å². The number of rotatable bonds is 2. The monoisotopic (exact) mass is 235 g/mol. The van der Waals surface area contributed by atoms with E-state index >= 15 is 0 Å². The first-order valence-electron chi connectivity index (χ1n) is 6.34. The summed E-state index contributed by atoms with van der Waals surface area (Å²) in [5.74, 6) is 1.27. The number of nitrogens with zero attached hydrogens (tertiary/aromatic N) is 2. The van der Waals surface area contributed by atoms with Gasteiger partial charge in [0.2, 0.25) is 0 Å². The lowest BCUT2D eigenvalue weighted by atomic mass is 9.82. The van der Waals surface area contributed by atoms with Crippen LogP contribution in [0.25, 0.3) is 0 Å². The van der Waals surface area contributed by atoms with E-state index in [1.165, 1.54) is 0 Å². The van der Waals surface area contributed by atoms with Crippen molar-refractivity contribution in [1.82, 2.24) is 14.9 Å². The molecule has 2 rings (SSSR count). The number of carbonyl (C=O) groups excluding carboxylic acids is 1. The van der Waals surface area contributed by atoms with E-state index in [1.54, 1.807) is 7.05 Å². The maximum absolute atomic E-state index is 11.7. The van der Waals surface area contributed by atoms with Crippen LogP contribution in [0, 0.1) is 11.8 Å². The number of imidazole rings is 1. The molecule has 94 valence electrons. The Kier molecular flexibility index (Phi) is 3.22. The van der Waals surface area contributed by atoms with Crippen molar-refractivity contribution in [2.24, 2.45) is 11.8 Å². The second kappa shape index (κ2) is 4.51. The van der Waals surface area contributed by atoms with Gasteiger partial charge in [-0.25, -0.2) is 4.98 Å². The van der Waals surface area contributed by atoms with E-state index in [9.17, 15) is 4.79 Å². The van der Waals surface area contributed by atoms with Gasteiger partial charge in [-0.2, -0.15) is 0 Å². The molecule has 0 bridgehead atoms. The molecule has 17 heavy (non-hydrogen) atoms. The third-order valence-electron chi connectivity index (χ3n) is 3.97. The second-order valence-corrected chi connectivity index (χ2v) is 5.21. The van der Waals surface area contributed by atoms with Crippen LogP contribution in [-0.2, 0) is 6.42 Å².